The average molecular weight is 266 g/mol. The lowest BCUT2D eigenvalue weighted by Crippen LogP contribution is -2.19. The molecule has 0 fully saturated rings. The summed E-state index contributed by atoms with van der Waals surface area (Å²) in [5.41, 5.74) is 0. The summed E-state index contributed by atoms with van der Waals surface area (Å²) in [5, 5.41) is 9.32. The molecule has 0 amide bonds. The first kappa shape index (κ1) is 16.9. The van der Waals surface area contributed by atoms with Crippen LogP contribution in [0, 0.1) is 0 Å². The molecule has 0 spiro atoms. The highest BCUT2D eigenvalue weighted by molar-refractivity contribution is 7.85. The van der Waals surface area contributed by atoms with Gasteiger partial charge >= 0.3 is 0 Å². The van der Waals surface area contributed by atoms with Crippen molar-refractivity contribution in [3.63, 3.8) is 0 Å². The molecule has 0 saturated carbocycles. The van der Waals surface area contributed by atoms with Gasteiger partial charge in [-0.05, 0) is 6.42 Å². The second kappa shape index (κ2) is 9.85. The minimum Gasteiger partial charge on any atom is -0.392 e. The molecule has 0 saturated heterocycles. The van der Waals surface area contributed by atoms with Crippen LogP contribution in [0.5, 0.6) is 0 Å². The van der Waals surface area contributed by atoms with Crippen LogP contribution in [-0.4, -0.2) is 29.9 Å². The van der Waals surface area contributed by atoms with Crippen molar-refractivity contribution in [1.29, 1.82) is 0 Å². The Morgan fingerprint density at radius 2 is 1.41 bits per heavy atom. The van der Waals surface area contributed by atoms with E-state index >= 15 is 0 Å². The van der Waals surface area contributed by atoms with Crippen LogP contribution in [0.2, 0.25) is 0 Å². The van der Waals surface area contributed by atoms with Gasteiger partial charge in [0.25, 0.3) is 10.1 Å². The number of aliphatic hydroxyl groups excluding tert-OH is 1. The molecule has 0 bridgehead atoms. The number of hydrogen-bond donors (Lipinski definition) is 2. The van der Waals surface area contributed by atoms with E-state index in [-0.39, 0.29) is 0 Å². The molecule has 0 aromatic rings. The van der Waals surface area contributed by atoms with Crippen LogP contribution in [0.4, 0.5) is 0 Å². The Kier molecular flexibility index (Phi) is 9.78. The Labute approximate surface area is 105 Å². The van der Waals surface area contributed by atoms with Crippen molar-refractivity contribution < 1.29 is 18.1 Å². The van der Waals surface area contributed by atoms with Crippen molar-refractivity contribution in [1.82, 2.24) is 0 Å². The molecule has 0 radical (unpaired) electrons. The van der Waals surface area contributed by atoms with Crippen molar-refractivity contribution in [2.45, 2.75) is 70.8 Å². The highest BCUT2D eigenvalue weighted by Crippen LogP contribution is 2.11. The van der Waals surface area contributed by atoms with Gasteiger partial charge in [0.05, 0.1) is 6.10 Å². The van der Waals surface area contributed by atoms with E-state index in [1.165, 1.54) is 32.1 Å². The maximum absolute atomic E-state index is 10.5. The minimum atomic E-state index is -4.03. The quantitative estimate of drug-likeness (QED) is 0.445. The molecule has 0 aliphatic rings. The molecule has 2 N–H and O–H groups in total. The van der Waals surface area contributed by atoms with E-state index in [1.54, 1.807) is 0 Å². The van der Waals surface area contributed by atoms with E-state index in [0.29, 0.717) is 6.42 Å². The molecular weight excluding hydrogens is 240 g/mol. The zero-order valence-corrected chi connectivity index (χ0v) is 11.6. The third-order valence-electron chi connectivity index (χ3n) is 2.79. The molecule has 0 heterocycles. The molecule has 0 rings (SSSR count). The van der Waals surface area contributed by atoms with Crippen molar-refractivity contribution >= 4 is 10.1 Å². The van der Waals surface area contributed by atoms with Gasteiger partial charge in [-0.1, -0.05) is 58.3 Å². The van der Waals surface area contributed by atoms with Crippen molar-refractivity contribution in [2.24, 2.45) is 0 Å². The van der Waals surface area contributed by atoms with E-state index in [9.17, 15) is 13.5 Å². The minimum absolute atomic E-state index is 0.453. The Balaban J connectivity index is 3.28. The van der Waals surface area contributed by atoms with Crippen LogP contribution in [0.3, 0.4) is 0 Å². The van der Waals surface area contributed by atoms with E-state index in [2.05, 4.69) is 6.92 Å². The Bertz CT molecular complexity index is 262. The van der Waals surface area contributed by atoms with E-state index < -0.39 is 22.0 Å². The largest absolute Gasteiger partial charge is 0.392 e. The molecule has 5 heteroatoms. The third kappa shape index (κ3) is 13.8. The van der Waals surface area contributed by atoms with Crippen LogP contribution < -0.4 is 0 Å². The van der Waals surface area contributed by atoms with Gasteiger partial charge < -0.3 is 5.11 Å². The highest BCUT2D eigenvalue weighted by atomic mass is 32.2. The van der Waals surface area contributed by atoms with Crippen LogP contribution in [0.15, 0.2) is 0 Å². The van der Waals surface area contributed by atoms with Gasteiger partial charge in [0.15, 0.2) is 0 Å². The zero-order chi connectivity index (χ0) is 13.1. The lowest BCUT2D eigenvalue weighted by molar-refractivity contribution is 0.180. The van der Waals surface area contributed by atoms with E-state index in [4.69, 9.17) is 4.55 Å². The highest BCUT2D eigenvalue weighted by Gasteiger charge is 2.13. The smallest absolute Gasteiger partial charge is 0.267 e. The van der Waals surface area contributed by atoms with Crippen LogP contribution in [-0.2, 0) is 10.1 Å². The number of rotatable bonds is 11. The van der Waals surface area contributed by atoms with Gasteiger partial charge in [-0.25, -0.2) is 0 Å². The van der Waals surface area contributed by atoms with Crippen LogP contribution in [0.1, 0.15) is 64.7 Å². The number of hydrogen-bond acceptors (Lipinski definition) is 3. The zero-order valence-electron chi connectivity index (χ0n) is 10.8. The summed E-state index contributed by atoms with van der Waals surface area (Å²) >= 11 is 0. The Morgan fingerprint density at radius 1 is 0.941 bits per heavy atom. The summed E-state index contributed by atoms with van der Waals surface area (Å²) in [6, 6.07) is 0. The fraction of sp³-hybridized carbons (Fsp3) is 1.00. The first-order valence-corrected chi connectivity index (χ1v) is 8.20. The van der Waals surface area contributed by atoms with Gasteiger partial charge in [0.2, 0.25) is 0 Å². The third-order valence-corrected chi connectivity index (χ3v) is 3.60. The number of unbranched alkanes of at least 4 members (excludes halogenated alkanes) is 7. The van der Waals surface area contributed by atoms with Gasteiger partial charge in [-0.2, -0.15) is 8.42 Å². The Hall–Kier alpha value is -0.130. The molecule has 104 valence electrons. The predicted octanol–water partition coefficient (Wildman–Crippen LogP) is 2.77. The van der Waals surface area contributed by atoms with Crippen molar-refractivity contribution in [2.75, 3.05) is 5.75 Å². The average Bonchev–Trinajstić information content (AvgIpc) is 2.19. The Morgan fingerprint density at radius 3 is 1.88 bits per heavy atom. The van der Waals surface area contributed by atoms with Gasteiger partial charge in [-0.3, -0.25) is 4.55 Å². The first-order chi connectivity index (χ1) is 7.95. The fourth-order valence-electron chi connectivity index (χ4n) is 1.84. The predicted molar refractivity (Wildman–Crippen MR) is 69.6 cm³/mol. The topological polar surface area (TPSA) is 74.6 Å². The summed E-state index contributed by atoms with van der Waals surface area (Å²) in [6.07, 6.45) is 8.84. The van der Waals surface area contributed by atoms with Crippen molar-refractivity contribution in [3.8, 4) is 0 Å². The summed E-state index contributed by atoms with van der Waals surface area (Å²) in [6.45, 7) is 2.19. The lowest BCUT2D eigenvalue weighted by atomic mass is 10.1. The van der Waals surface area contributed by atoms with Gasteiger partial charge in [-0.15, -0.1) is 0 Å². The summed E-state index contributed by atoms with van der Waals surface area (Å²) in [7, 11) is -4.03. The monoisotopic (exact) mass is 266 g/mol. The first-order valence-electron chi connectivity index (χ1n) is 6.59. The van der Waals surface area contributed by atoms with Crippen LogP contribution in [0.25, 0.3) is 0 Å². The molecule has 0 aromatic heterocycles. The normalized spacial score (nSPS) is 13.8. The molecule has 1 atom stereocenters. The van der Waals surface area contributed by atoms with Crippen LogP contribution >= 0.6 is 0 Å². The SMILES string of the molecule is CCCCCCCCCCC(O)CS(=O)(=O)O. The summed E-state index contributed by atoms with van der Waals surface area (Å²) in [5.74, 6) is -0.538. The molecule has 4 nitrogen and oxygen atoms in total. The molecule has 17 heavy (non-hydrogen) atoms. The molecular formula is C12H26O4S. The molecule has 0 aliphatic heterocycles. The second-order valence-corrected chi connectivity index (χ2v) is 6.16. The summed E-state index contributed by atoms with van der Waals surface area (Å²) in [4.78, 5) is 0. The molecule has 0 aliphatic carbocycles. The van der Waals surface area contributed by atoms with E-state index in [1.807, 2.05) is 0 Å². The summed E-state index contributed by atoms with van der Waals surface area (Å²) < 4.78 is 29.5. The lowest BCUT2D eigenvalue weighted by Gasteiger charge is -2.08. The maximum atomic E-state index is 10.5. The maximum Gasteiger partial charge on any atom is 0.267 e. The molecule has 0 aromatic carbocycles. The number of aliphatic hydroxyl groups is 1. The second-order valence-electron chi connectivity index (χ2n) is 4.67. The van der Waals surface area contributed by atoms with Gasteiger partial charge in [0, 0.05) is 0 Å². The molecule has 1 unspecified atom stereocenters. The fourth-order valence-corrected chi connectivity index (χ4v) is 2.49. The standard InChI is InChI=1S/C12H26O4S/c1-2-3-4-5-6-7-8-9-10-12(13)11-17(14,15)16/h12-13H,2-11H2,1H3,(H,14,15,16). The van der Waals surface area contributed by atoms with Gasteiger partial charge in [0.1, 0.15) is 5.75 Å². The van der Waals surface area contributed by atoms with Crippen molar-refractivity contribution in [3.05, 3.63) is 0 Å². The van der Waals surface area contributed by atoms with E-state index in [0.717, 1.165) is 19.3 Å².